The number of hydrogen-bond donors (Lipinski definition) is 0. The molecule has 2 aliphatic rings. The third-order valence-electron chi connectivity index (χ3n) is 7.81. The Morgan fingerprint density at radius 3 is 2.41 bits per heavy atom. The second kappa shape index (κ2) is 10.7. The maximum atomic E-state index is 12.5. The number of unbranched alkanes of at least 4 members (excludes halogenated alkanes) is 1. The number of pyridine rings is 1. The molecule has 1 saturated carbocycles. The molecule has 0 bridgehead atoms. The Kier molecular flexibility index (Phi) is 7.22. The highest BCUT2D eigenvalue weighted by molar-refractivity contribution is 5.79. The van der Waals surface area contributed by atoms with Crippen LogP contribution in [0.1, 0.15) is 62.5 Å². The second-order valence-electron chi connectivity index (χ2n) is 10.3. The van der Waals surface area contributed by atoms with E-state index < -0.39 is 0 Å². The van der Waals surface area contributed by atoms with E-state index in [0.717, 1.165) is 48.2 Å². The van der Waals surface area contributed by atoms with Crippen LogP contribution in [0.3, 0.4) is 0 Å². The molecule has 4 heteroatoms. The molecule has 180 valence electrons. The minimum Gasteiger partial charge on any atom is -0.486 e. The predicted molar refractivity (Wildman–Crippen MR) is 138 cm³/mol. The predicted octanol–water partition coefficient (Wildman–Crippen LogP) is 6.69. The number of benzene rings is 2. The lowest BCUT2D eigenvalue weighted by Crippen LogP contribution is -2.22. The average molecular weight is 460 g/mol. The van der Waals surface area contributed by atoms with E-state index in [1.165, 1.54) is 61.5 Å². The fraction of sp³-hybridized carbons (Fsp3) is 0.500. The smallest absolute Gasteiger partial charge is 0.251 e. The molecule has 2 heterocycles. The van der Waals surface area contributed by atoms with Gasteiger partial charge < -0.3 is 14.0 Å². The van der Waals surface area contributed by atoms with Crippen molar-refractivity contribution in [3.63, 3.8) is 0 Å². The summed E-state index contributed by atoms with van der Waals surface area (Å²) in [5.41, 5.74) is 3.79. The Bertz CT molecular complexity index is 1170. The summed E-state index contributed by atoms with van der Waals surface area (Å²) in [7, 11) is 0. The van der Waals surface area contributed by atoms with E-state index in [9.17, 15) is 4.79 Å². The van der Waals surface area contributed by atoms with E-state index >= 15 is 0 Å². The van der Waals surface area contributed by atoms with Crippen molar-refractivity contribution in [2.75, 3.05) is 13.2 Å². The minimum absolute atomic E-state index is 0.128. The van der Waals surface area contributed by atoms with Crippen molar-refractivity contribution in [1.29, 1.82) is 0 Å². The van der Waals surface area contributed by atoms with Crippen LogP contribution in [0.2, 0.25) is 0 Å². The SMILES string of the molecule is Cc1ccc2c(ccc(=O)n2CCC2CCC(CCCCc3ccc4c(c3)OCCO4)CC2)c1. The minimum atomic E-state index is 0.128. The largest absolute Gasteiger partial charge is 0.486 e. The van der Waals surface area contributed by atoms with Crippen molar-refractivity contribution in [2.45, 2.75) is 71.3 Å². The van der Waals surface area contributed by atoms with Crippen LogP contribution in [0.15, 0.2) is 53.3 Å². The summed E-state index contributed by atoms with van der Waals surface area (Å²) >= 11 is 0. The topological polar surface area (TPSA) is 40.5 Å². The zero-order chi connectivity index (χ0) is 23.3. The molecule has 0 saturated heterocycles. The molecule has 1 fully saturated rings. The van der Waals surface area contributed by atoms with Gasteiger partial charge in [-0.1, -0.05) is 56.2 Å². The fourth-order valence-corrected chi connectivity index (χ4v) is 5.78. The summed E-state index contributed by atoms with van der Waals surface area (Å²) in [5, 5.41) is 1.17. The maximum Gasteiger partial charge on any atom is 0.251 e. The number of aryl methyl sites for hydroxylation is 3. The van der Waals surface area contributed by atoms with Gasteiger partial charge in [0.1, 0.15) is 13.2 Å². The van der Waals surface area contributed by atoms with E-state index in [-0.39, 0.29) is 5.56 Å². The first-order valence-electron chi connectivity index (χ1n) is 13.1. The van der Waals surface area contributed by atoms with Gasteiger partial charge in [-0.3, -0.25) is 4.79 Å². The van der Waals surface area contributed by atoms with Gasteiger partial charge >= 0.3 is 0 Å². The third kappa shape index (κ3) is 5.48. The number of nitrogens with zero attached hydrogens (tertiary/aromatic N) is 1. The van der Waals surface area contributed by atoms with Crippen molar-refractivity contribution >= 4 is 10.9 Å². The van der Waals surface area contributed by atoms with E-state index in [2.05, 4.69) is 43.3 Å². The van der Waals surface area contributed by atoms with Crippen LogP contribution in [0.25, 0.3) is 10.9 Å². The van der Waals surface area contributed by atoms with Crippen molar-refractivity contribution in [3.05, 3.63) is 70.0 Å². The molecule has 5 rings (SSSR count). The highest BCUT2D eigenvalue weighted by atomic mass is 16.6. The Morgan fingerprint density at radius 1 is 0.824 bits per heavy atom. The number of fused-ring (bicyclic) bond motifs is 2. The fourth-order valence-electron chi connectivity index (χ4n) is 5.78. The zero-order valence-electron chi connectivity index (χ0n) is 20.4. The van der Waals surface area contributed by atoms with Gasteiger partial charge in [-0.2, -0.15) is 0 Å². The number of rotatable bonds is 8. The molecule has 0 unspecified atom stereocenters. The zero-order valence-corrected chi connectivity index (χ0v) is 20.4. The first-order chi connectivity index (χ1) is 16.7. The highest BCUT2D eigenvalue weighted by Crippen LogP contribution is 2.35. The number of aromatic nitrogens is 1. The van der Waals surface area contributed by atoms with Crippen LogP contribution in [-0.2, 0) is 13.0 Å². The quantitative estimate of drug-likeness (QED) is 0.352. The van der Waals surface area contributed by atoms with E-state index in [0.29, 0.717) is 13.2 Å². The molecule has 0 spiro atoms. The Morgan fingerprint density at radius 2 is 1.59 bits per heavy atom. The molecule has 0 N–H and O–H groups in total. The summed E-state index contributed by atoms with van der Waals surface area (Å²) in [6.07, 6.45) is 11.4. The average Bonchev–Trinajstić information content (AvgIpc) is 2.87. The van der Waals surface area contributed by atoms with Gasteiger partial charge in [-0.15, -0.1) is 0 Å². The molecule has 0 radical (unpaired) electrons. The molecule has 0 amide bonds. The Hall–Kier alpha value is -2.75. The van der Waals surface area contributed by atoms with Gasteiger partial charge in [0.15, 0.2) is 11.5 Å². The lowest BCUT2D eigenvalue weighted by Gasteiger charge is -2.29. The molecule has 1 aromatic heterocycles. The summed E-state index contributed by atoms with van der Waals surface area (Å²) in [4.78, 5) is 12.5. The third-order valence-corrected chi connectivity index (χ3v) is 7.81. The molecular formula is C30H37NO3. The monoisotopic (exact) mass is 459 g/mol. The molecule has 3 aromatic rings. The van der Waals surface area contributed by atoms with Crippen LogP contribution >= 0.6 is 0 Å². The molecule has 34 heavy (non-hydrogen) atoms. The lowest BCUT2D eigenvalue weighted by atomic mass is 9.78. The van der Waals surface area contributed by atoms with E-state index in [1.54, 1.807) is 6.07 Å². The van der Waals surface area contributed by atoms with Crippen LogP contribution < -0.4 is 15.0 Å². The summed E-state index contributed by atoms with van der Waals surface area (Å²) in [6, 6.07) is 16.5. The van der Waals surface area contributed by atoms with Crippen molar-refractivity contribution in [2.24, 2.45) is 11.8 Å². The first-order valence-corrected chi connectivity index (χ1v) is 13.1. The molecule has 2 aromatic carbocycles. The number of hydrogen-bond acceptors (Lipinski definition) is 3. The van der Waals surface area contributed by atoms with Gasteiger partial charge in [0.25, 0.3) is 5.56 Å². The first kappa shape index (κ1) is 23.0. The van der Waals surface area contributed by atoms with Gasteiger partial charge in [0, 0.05) is 12.6 Å². The standard InChI is InChI=1S/C30H37NO3/c1-22-6-13-27-26(20-22)12-15-30(32)31(27)17-16-24-9-7-23(8-10-24)4-2-3-5-25-11-14-28-29(21-25)34-19-18-33-28/h6,11-15,20-21,23-24H,2-5,7-10,16-19H2,1H3. The molecule has 1 aliphatic heterocycles. The summed E-state index contributed by atoms with van der Waals surface area (Å²) < 4.78 is 13.3. The van der Waals surface area contributed by atoms with Gasteiger partial charge in [0.05, 0.1) is 5.52 Å². The van der Waals surface area contributed by atoms with Crippen LogP contribution in [-0.4, -0.2) is 17.8 Å². The molecule has 1 aliphatic carbocycles. The van der Waals surface area contributed by atoms with Gasteiger partial charge in [-0.05, 0) is 79.3 Å². The van der Waals surface area contributed by atoms with Crippen molar-refractivity contribution in [3.8, 4) is 11.5 Å². The van der Waals surface area contributed by atoms with Crippen LogP contribution in [0.5, 0.6) is 11.5 Å². The summed E-state index contributed by atoms with van der Waals surface area (Å²) in [5.74, 6) is 3.41. The Balaban J connectivity index is 1.04. The van der Waals surface area contributed by atoms with Gasteiger partial charge in [0.2, 0.25) is 0 Å². The normalized spacial score (nSPS) is 19.9. The number of ether oxygens (including phenoxy) is 2. The van der Waals surface area contributed by atoms with Crippen molar-refractivity contribution in [1.82, 2.24) is 4.57 Å². The molecule has 0 atom stereocenters. The molecule has 4 nitrogen and oxygen atoms in total. The van der Waals surface area contributed by atoms with Crippen LogP contribution in [0.4, 0.5) is 0 Å². The lowest BCUT2D eigenvalue weighted by molar-refractivity contribution is 0.171. The highest BCUT2D eigenvalue weighted by Gasteiger charge is 2.21. The molecular weight excluding hydrogens is 422 g/mol. The van der Waals surface area contributed by atoms with Crippen molar-refractivity contribution < 1.29 is 9.47 Å². The second-order valence-corrected chi connectivity index (χ2v) is 10.3. The summed E-state index contributed by atoms with van der Waals surface area (Å²) in [6.45, 7) is 4.24. The van der Waals surface area contributed by atoms with E-state index in [4.69, 9.17) is 9.47 Å². The Labute approximate surface area is 202 Å². The van der Waals surface area contributed by atoms with Crippen LogP contribution in [0, 0.1) is 18.8 Å². The van der Waals surface area contributed by atoms with Gasteiger partial charge in [-0.25, -0.2) is 0 Å². The maximum absolute atomic E-state index is 12.5. The van der Waals surface area contributed by atoms with E-state index in [1.807, 2.05) is 10.6 Å².